The molecular formula is C24H27N3O3. The van der Waals surface area contributed by atoms with Crippen LogP contribution in [0.5, 0.6) is 5.75 Å². The topological polar surface area (TPSA) is 68.5 Å². The molecule has 1 unspecified atom stereocenters. The number of rotatable bonds is 8. The standard InChI is InChI=1S/C24H27N3O3/c1-3-5-6-17-7-11-20(12-8-17)27-16-19(15-22(27)28)24-25-23(26-30-24)18-9-13-21(14-10-18)29-4-2/h7-14,19H,3-6,15-16H2,1-2H3. The maximum Gasteiger partial charge on any atom is 0.232 e. The number of unbranched alkanes of at least 4 members (excludes halogenated alkanes) is 1. The van der Waals surface area contributed by atoms with E-state index in [9.17, 15) is 4.79 Å². The lowest BCUT2D eigenvalue weighted by Crippen LogP contribution is -2.24. The minimum atomic E-state index is -0.0961. The summed E-state index contributed by atoms with van der Waals surface area (Å²) in [6.07, 6.45) is 3.81. The predicted molar refractivity (Wildman–Crippen MR) is 116 cm³/mol. The molecule has 6 nitrogen and oxygen atoms in total. The molecule has 6 heteroatoms. The first-order chi connectivity index (χ1) is 14.7. The van der Waals surface area contributed by atoms with E-state index in [0.717, 1.165) is 23.4 Å². The molecule has 1 atom stereocenters. The zero-order valence-corrected chi connectivity index (χ0v) is 17.5. The van der Waals surface area contributed by atoms with E-state index < -0.39 is 0 Å². The number of aryl methyl sites for hydroxylation is 1. The van der Waals surface area contributed by atoms with Gasteiger partial charge in [0.2, 0.25) is 17.6 Å². The fourth-order valence-corrected chi connectivity index (χ4v) is 3.73. The summed E-state index contributed by atoms with van der Waals surface area (Å²) in [5.41, 5.74) is 3.09. The van der Waals surface area contributed by atoms with E-state index in [2.05, 4.69) is 29.2 Å². The van der Waals surface area contributed by atoms with Crippen LogP contribution < -0.4 is 9.64 Å². The van der Waals surface area contributed by atoms with Crippen LogP contribution in [-0.4, -0.2) is 29.2 Å². The molecule has 1 saturated heterocycles. The van der Waals surface area contributed by atoms with Crippen LogP contribution in [0.25, 0.3) is 11.4 Å². The van der Waals surface area contributed by atoms with Gasteiger partial charge >= 0.3 is 0 Å². The fourth-order valence-electron chi connectivity index (χ4n) is 3.73. The van der Waals surface area contributed by atoms with E-state index in [4.69, 9.17) is 9.26 Å². The number of nitrogens with zero attached hydrogens (tertiary/aromatic N) is 3. The van der Waals surface area contributed by atoms with Gasteiger partial charge in [0.05, 0.1) is 12.5 Å². The van der Waals surface area contributed by atoms with Crippen molar-refractivity contribution in [3.63, 3.8) is 0 Å². The lowest BCUT2D eigenvalue weighted by molar-refractivity contribution is -0.117. The lowest BCUT2D eigenvalue weighted by atomic mass is 10.1. The van der Waals surface area contributed by atoms with Crippen molar-refractivity contribution in [2.24, 2.45) is 0 Å². The first-order valence-corrected chi connectivity index (χ1v) is 10.6. The Kier molecular flexibility index (Phi) is 6.12. The highest BCUT2D eigenvalue weighted by atomic mass is 16.5. The van der Waals surface area contributed by atoms with Gasteiger partial charge in [-0.1, -0.05) is 30.6 Å². The molecule has 2 heterocycles. The summed E-state index contributed by atoms with van der Waals surface area (Å²) < 4.78 is 11.0. The SMILES string of the molecule is CCCCc1ccc(N2CC(c3nc(-c4ccc(OCC)cc4)no3)CC2=O)cc1. The summed E-state index contributed by atoms with van der Waals surface area (Å²) >= 11 is 0. The van der Waals surface area contributed by atoms with Gasteiger partial charge in [-0.3, -0.25) is 4.79 Å². The smallest absolute Gasteiger partial charge is 0.232 e. The molecule has 1 aliphatic heterocycles. The summed E-state index contributed by atoms with van der Waals surface area (Å²) in [5.74, 6) is 1.83. The zero-order valence-electron chi connectivity index (χ0n) is 17.5. The van der Waals surface area contributed by atoms with E-state index in [1.54, 1.807) is 0 Å². The van der Waals surface area contributed by atoms with Gasteiger partial charge < -0.3 is 14.2 Å². The Morgan fingerprint density at radius 2 is 1.87 bits per heavy atom. The molecule has 4 rings (SSSR count). The molecule has 0 aliphatic carbocycles. The molecule has 3 aromatic rings. The van der Waals surface area contributed by atoms with Crippen molar-refractivity contribution in [1.29, 1.82) is 0 Å². The van der Waals surface area contributed by atoms with Gasteiger partial charge in [-0.15, -0.1) is 0 Å². The number of hydrogen-bond acceptors (Lipinski definition) is 5. The molecule has 0 N–H and O–H groups in total. The van der Waals surface area contributed by atoms with Crippen LogP contribution in [0.1, 0.15) is 50.5 Å². The highest BCUT2D eigenvalue weighted by Crippen LogP contribution is 2.32. The maximum atomic E-state index is 12.6. The van der Waals surface area contributed by atoms with E-state index in [-0.39, 0.29) is 11.8 Å². The van der Waals surface area contributed by atoms with Crippen molar-refractivity contribution in [3.8, 4) is 17.1 Å². The van der Waals surface area contributed by atoms with Gasteiger partial charge in [0.25, 0.3) is 0 Å². The summed E-state index contributed by atoms with van der Waals surface area (Å²) in [7, 11) is 0. The van der Waals surface area contributed by atoms with Crippen LogP contribution >= 0.6 is 0 Å². The average Bonchev–Trinajstić information content (AvgIpc) is 3.40. The van der Waals surface area contributed by atoms with Crippen LogP contribution in [0, 0.1) is 0 Å². The van der Waals surface area contributed by atoms with E-state index in [0.29, 0.717) is 31.3 Å². The maximum absolute atomic E-state index is 12.6. The number of hydrogen-bond donors (Lipinski definition) is 0. The Morgan fingerprint density at radius 1 is 1.10 bits per heavy atom. The van der Waals surface area contributed by atoms with Crippen molar-refractivity contribution < 1.29 is 14.1 Å². The fraction of sp³-hybridized carbons (Fsp3) is 0.375. The quantitative estimate of drug-likeness (QED) is 0.528. The van der Waals surface area contributed by atoms with Gasteiger partial charge in [0.1, 0.15) is 5.75 Å². The minimum absolute atomic E-state index is 0.0853. The molecule has 30 heavy (non-hydrogen) atoms. The van der Waals surface area contributed by atoms with Crippen LogP contribution in [0.4, 0.5) is 5.69 Å². The molecule has 1 aromatic heterocycles. The third kappa shape index (κ3) is 4.37. The van der Waals surface area contributed by atoms with E-state index >= 15 is 0 Å². The second-order valence-electron chi connectivity index (χ2n) is 7.59. The summed E-state index contributed by atoms with van der Waals surface area (Å²) in [5, 5.41) is 4.11. The predicted octanol–water partition coefficient (Wildman–Crippen LogP) is 5.00. The lowest BCUT2D eigenvalue weighted by Gasteiger charge is -2.16. The molecule has 0 radical (unpaired) electrons. The molecular weight excluding hydrogens is 378 g/mol. The molecule has 2 aromatic carbocycles. The Hall–Kier alpha value is -3.15. The van der Waals surface area contributed by atoms with Crippen molar-refractivity contribution >= 4 is 11.6 Å². The molecule has 1 aliphatic rings. The number of amides is 1. The van der Waals surface area contributed by atoms with Gasteiger partial charge in [0, 0.05) is 24.2 Å². The van der Waals surface area contributed by atoms with Gasteiger partial charge in [-0.05, 0) is 61.7 Å². The minimum Gasteiger partial charge on any atom is -0.494 e. The Bertz CT molecular complexity index is 980. The monoisotopic (exact) mass is 405 g/mol. The Labute approximate surface area is 176 Å². The van der Waals surface area contributed by atoms with Gasteiger partial charge in [-0.2, -0.15) is 4.98 Å². The number of ether oxygens (including phenoxy) is 1. The Morgan fingerprint density at radius 3 is 2.57 bits per heavy atom. The normalized spacial score (nSPS) is 16.3. The highest BCUT2D eigenvalue weighted by Gasteiger charge is 2.35. The van der Waals surface area contributed by atoms with Crippen molar-refractivity contribution in [1.82, 2.24) is 10.1 Å². The molecule has 0 bridgehead atoms. The number of carbonyl (C=O) groups excluding carboxylic acids is 1. The third-order valence-electron chi connectivity index (χ3n) is 5.41. The molecule has 0 saturated carbocycles. The first kappa shape index (κ1) is 20.1. The summed E-state index contributed by atoms with van der Waals surface area (Å²) in [6.45, 7) is 5.32. The van der Waals surface area contributed by atoms with E-state index in [1.165, 1.54) is 18.4 Å². The number of benzene rings is 2. The largest absolute Gasteiger partial charge is 0.494 e. The first-order valence-electron chi connectivity index (χ1n) is 10.6. The molecule has 1 amide bonds. The van der Waals surface area contributed by atoms with Gasteiger partial charge in [-0.25, -0.2) is 0 Å². The third-order valence-corrected chi connectivity index (χ3v) is 5.41. The second kappa shape index (κ2) is 9.11. The highest BCUT2D eigenvalue weighted by molar-refractivity contribution is 5.96. The number of carbonyl (C=O) groups is 1. The van der Waals surface area contributed by atoms with Crippen LogP contribution in [0.2, 0.25) is 0 Å². The molecule has 0 spiro atoms. The van der Waals surface area contributed by atoms with Crippen LogP contribution in [0.15, 0.2) is 53.1 Å². The van der Waals surface area contributed by atoms with Crippen LogP contribution in [-0.2, 0) is 11.2 Å². The van der Waals surface area contributed by atoms with Gasteiger partial charge in [0.15, 0.2) is 0 Å². The number of aromatic nitrogens is 2. The zero-order chi connectivity index (χ0) is 20.9. The second-order valence-corrected chi connectivity index (χ2v) is 7.59. The average molecular weight is 405 g/mol. The molecule has 1 fully saturated rings. The van der Waals surface area contributed by atoms with E-state index in [1.807, 2.05) is 48.2 Å². The molecule has 156 valence electrons. The van der Waals surface area contributed by atoms with Crippen LogP contribution in [0.3, 0.4) is 0 Å². The van der Waals surface area contributed by atoms with Crippen molar-refractivity contribution in [2.75, 3.05) is 18.1 Å². The summed E-state index contributed by atoms with van der Waals surface area (Å²) in [6, 6.07) is 15.9. The van der Waals surface area contributed by atoms with Crippen molar-refractivity contribution in [3.05, 3.63) is 60.0 Å². The summed E-state index contributed by atoms with van der Waals surface area (Å²) in [4.78, 5) is 19.0. The number of anilines is 1. The van der Waals surface area contributed by atoms with Crippen molar-refractivity contribution in [2.45, 2.75) is 45.4 Å². The Balaban J connectivity index is 1.44.